The Labute approximate surface area is 79.4 Å². The van der Waals surface area contributed by atoms with E-state index in [1.54, 1.807) is 6.08 Å². The summed E-state index contributed by atoms with van der Waals surface area (Å²) < 4.78 is 5.51. The van der Waals surface area contributed by atoms with Crippen molar-refractivity contribution < 1.29 is 4.74 Å². The Bertz CT molecular complexity index is 300. The van der Waals surface area contributed by atoms with Gasteiger partial charge in [-0.25, -0.2) is 0 Å². The maximum absolute atomic E-state index is 5.51. The summed E-state index contributed by atoms with van der Waals surface area (Å²) in [7, 11) is 0. The van der Waals surface area contributed by atoms with Gasteiger partial charge in [0.25, 0.3) is 0 Å². The lowest BCUT2D eigenvalue weighted by Crippen LogP contribution is -1.94. The van der Waals surface area contributed by atoms with Crippen LogP contribution < -0.4 is 4.74 Å². The van der Waals surface area contributed by atoms with Gasteiger partial charge in [-0.05, 0) is 13.0 Å². The van der Waals surface area contributed by atoms with Gasteiger partial charge < -0.3 is 4.74 Å². The molecule has 0 spiro atoms. The van der Waals surface area contributed by atoms with Gasteiger partial charge in [-0.3, -0.25) is 0 Å². The largest absolute Gasteiger partial charge is 0.489 e. The highest BCUT2D eigenvalue weighted by molar-refractivity contribution is 5.55. The Morgan fingerprint density at radius 2 is 2.15 bits per heavy atom. The van der Waals surface area contributed by atoms with E-state index in [9.17, 15) is 0 Å². The van der Waals surface area contributed by atoms with Gasteiger partial charge in [0.1, 0.15) is 12.4 Å². The molecule has 68 valence electrons. The number of allylic oxidation sites excluding steroid dienone is 1. The highest BCUT2D eigenvalue weighted by Gasteiger charge is 1.96. The van der Waals surface area contributed by atoms with E-state index in [1.807, 2.05) is 43.3 Å². The zero-order valence-electron chi connectivity index (χ0n) is 7.86. The summed E-state index contributed by atoms with van der Waals surface area (Å²) in [6.45, 7) is 6.31. The monoisotopic (exact) mass is 174 g/mol. The van der Waals surface area contributed by atoms with Gasteiger partial charge in [0.15, 0.2) is 0 Å². The first-order chi connectivity index (χ1) is 6.38. The van der Waals surface area contributed by atoms with E-state index >= 15 is 0 Å². The van der Waals surface area contributed by atoms with Crippen molar-refractivity contribution in [2.24, 2.45) is 0 Å². The fourth-order valence-electron chi connectivity index (χ4n) is 1.01. The van der Waals surface area contributed by atoms with Crippen LogP contribution in [-0.4, -0.2) is 6.61 Å². The molecule has 0 fully saturated rings. The molecule has 0 aliphatic rings. The van der Waals surface area contributed by atoms with Crippen LogP contribution in [0.5, 0.6) is 5.75 Å². The Balaban J connectivity index is 2.69. The van der Waals surface area contributed by atoms with Gasteiger partial charge in [-0.2, -0.15) is 0 Å². The lowest BCUT2D eigenvalue weighted by molar-refractivity contribution is 0.362. The Kier molecular flexibility index (Phi) is 3.83. The van der Waals surface area contributed by atoms with Crippen molar-refractivity contribution in [2.45, 2.75) is 6.92 Å². The van der Waals surface area contributed by atoms with E-state index in [2.05, 4.69) is 6.58 Å². The predicted octanol–water partition coefficient (Wildman–Crippen LogP) is 3.28. The van der Waals surface area contributed by atoms with Gasteiger partial charge >= 0.3 is 0 Å². The van der Waals surface area contributed by atoms with Crippen LogP contribution in [0.25, 0.3) is 6.08 Å². The van der Waals surface area contributed by atoms with Crippen LogP contribution in [0.15, 0.2) is 43.0 Å². The van der Waals surface area contributed by atoms with Crippen LogP contribution in [0.1, 0.15) is 12.5 Å². The standard InChI is InChI=1S/C12H14O/c1-3-5-10-13-12-9-7-6-8-11(12)4-2/h3-9H,2,10H2,1H3/b5-3+. The van der Waals surface area contributed by atoms with Crippen LogP contribution >= 0.6 is 0 Å². The van der Waals surface area contributed by atoms with E-state index in [1.165, 1.54) is 0 Å². The first-order valence-electron chi connectivity index (χ1n) is 4.34. The first-order valence-corrected chi connectivity index (χ1v) is 4.34. The van der Waals surface area contributed by atoms with Gasteiger partial charge in [-0.15, -0.1) is 0 Å². The van der Waals surface area contributed by atoms with Crippen LogP contribution in [0.4, 0.5) is 0 Å². The molecule has 0 atom stereocenters. The first kappa shape index (κ1) is 9.59. The van der Waals surface area contributed by atoms with Crippen molar-refractivity contribution in [1.82, 2.24) is 0 Å². The zero-order chi connectivity index (χ0) is 9.52. The lowest BCUT2D eigenvalue weighted by atomic mass is 10.2. The summed E-state index contributed by atoms with van der Waals surface area (Å²) in [6, 6.07) is 7.86. The second-order valence-corrected chi connectivity index (χ2v) is 2.62. The van der Waals surface area contributed by atoms with Crippen molar-refractivity contribution in [3.05, 3.63) is 48.6 Å². The average molecular weight is 174 g/mol. The normalized spacial score (nSPS) is 10.2. The molecule has 0 amide bonds. The van der Waals surface area contributed by atoms with Crippen molar-refractivity contribution >= 4 is 6.08 Å². The molecule has 0 aliphatic heterocycles. The number of benzene rings is 1. The van der Waals surface area contributed by atoms with Crippen molar-refractivity contribution in [1.29, 1.82) is 0 Å². The molecule has 0 radical (unpaired) electrons. The minimum atomic E-state index is 0.612. The smallest absolute Gasteiger partial charge is 0.126 e. The highest BCUT2D eigenvalue weighted by Crippen LogP contribution is 2.18. The molecule has 0 saturated carbocycles. The molecule has 0 aromatic heterocycles. The number of para-hydroxylation sites is 1. The second kappa shape index (κ2) is 5.20. The van der Waals surface area contributed by atoms with E-state index < -0.39 is 0 Å². The highest BCUT2D eigenvalue weighted by atomic mass is 16.5. The van der Waals surface area contributed by atoms with Gasteiger partial charge in [0.05, 0.1) is 0 Å². The fourth-order valence-corrected chi connectivity index (χ4v) is 1.01. The van der Waals surface area contributed by atoms with Gasteiger partial charge in [0.2, 0.25) is 0 Å². The molecule has 0 unspecified atom stereocenters. The lowest BCUT2D eigenvalue weighted by Gasteiger charge is -2.05. The SMILES string of the molecule is C=Cc1ccccc1OC/C=C/C. The Morgan fingerprint density at radius 3 is 2.85 bits per heavy atom. The van der Waals surface area contributed by atoms with Crippen molar-refractivity contribution in [3.8, 4) is 5.75 Å². The molecular weight excluding hydrogens is 160 g/mol. The third-order valence-corrected chi connectivity index (χ3v) is 1.71. The van der Waals surface area contributed by atoms with Crippen LogP contribution in [-0.2, 0) is 0 Å². The predicted molar refractivity (Wildman–Crippen MR) is 56.8 cm³/mol. The number of hydrogen-bond donors (Lipinski definition) is 0. The van der Waals surface area contributed by atoms with E-state index in [-0.39, 0.29) is 0 Å². The van der Waals surface area contributed by atoms with Crippen LogP contribution in [0.2, 0.25) is 0 Å². The molecule has 0 aliphatic carbocycles. The number of hydrogen-bond acceptors (Lipinski definition) is 1. The summed E-state index contributed by atoms with van der Waals surface area (Å²) in [5.74, 6) is 0.885. The van der Waals surface area contributed by atoms with Gasteiger partial charge in [-0.1, -0.05) is 43.0 Å². The minimum Gasteiger partial charge on any atom is -0.489 e. The summed E-state index contributed by atoms with van der Waals surface area (Å²) in [6.07, 6.45) is 5.74. The molecule has 0 bridgehead atoms. The third-order valence-electron chi connectivity index (χ3n) is 1.71. The van der Waals surface area contributed by atoms with Crippen LogP contribution in [0.3, 0.4) is 0 Å². The fraction of sp³-hybridized carbons (Fsp3) is 0.167. The third kappa shape index (κ3) is 2.79. The zero-order valence-corrected chi connectivity index (χ0v) is 7.86. The summed E-state index contributed by atoms with van der Waals surface area (Å²) in [4.78, 5) is 0. The maximum atomic E-state index is 5.51. The molecule has 0 heterocycles. The van der Waals surface area contributed by atoms with E-state index in [0.29, 0.717) is 6.61 Å². The van der Waals surface area contributed by atoms with E-state index in [4.69, 9.17) is 4.74 Å². The molecule has 1 aromatic rings. The molecule has 0 saturated heterocycles. The summed E-state index contributed by atoms with van der Waals surface area (Å²) >= 11 is 0. The van der Waals surface area contributed by atoms with Crippen molar-refractivity contribution in [3.63, 3.8) is 0 Å². The molecule has 13 heavy (non-hydrogen) atoms. The molecule has 1 heteroatoms. The number of rotatable bonds is 4. The Morgan fingerprint density at radius 1 is 1.38 bits per heavy atom. The average Bonchev–Trinajstić information content (AvgIpc) is 2.19. The molecule has 1 rings (SSSR count). The minimum absolute atomic E-state index is 0.612. The molecular formula is C12H14O. The summed E-state index contributed by atoms with van der Waals surface area (Å²) in [5, 5.41) is 0. The second-order valence-electron chi connectivity index (χ2n) is 2.62. The van der Waals surface area contributed by atoms with E-state index in [0.717, 1.165) is 11.3 Å². The topological polar surface area (TPSA) is 9.23 Å². The maximum Gasteiger partial charge on any atom is 0.126 e. The van der Waals surface area contributed by atoms with Crippen LogP contribution in [0, 0.1) is 0 Å². The van der Waals surface area contributed by atoms with Gasteiger partial charge in [0, 0.05) is 5.56 Å². The number of ether oxygens (including phenoxy) is 1. The molecule has 1 nitrogen and oxygen atoms in total. The molecule has 1 aromatic carbocycles. The quantitative estimate of drug-likeness (QED) is 0.636. The Hall–Kier alpha value is -1.50. The summed E-state index contributed by atoms with van der Waals surface area (Å²) in [5.41, 5.74) is 1.03. The van der Waals surface area contributed by atoms with Crippen molar-refractivity contribution in [2.75, 3.05) is 6.61 Å². The molecule has 0 N–H and O–H groups in total.